The highest BCUT2D eigenvalue weighted by Gasteiger charge is 2.30. The van der Waals surface area contributed by atoms with Crippen molar-refractivity contribution in [3.05, 3.63) is 53.7 Å². The Hall–Kier alpha value is -2.88. The van der Waals surface area contributed by atoms with E-state index < -0.39 is 16.1 Å². The van der Waals surface area contributed by atoms with E-state index >= 15 is 0 Å². The first-order chi connectivity index (χ1) is 15.3. The molecule has 0 radical (unpaired) electrons. The minimum Gasteiger partial charge on any atom is -0.495 e. The number of morpholine rings is 1. The number of ketones is 1. The predicted octanol–water partition coefficient (Wildman–Crippen LogP) is 3.19. The summed E-state index contributed by atoms with van der Waals surface area (Å²) in [5, 5.41) is 4.03. The number of aryl methyl sites for hydroxylation is 1. The number of H-pyrrole nitrogens is 1. The smallest absolute Gasteiger partial charge is 0.246 e. The molecule has 32 heavy (non-hydrogen) atoms. The Kier molecular flexibility index (Phi) is 6.23. The number of hydrogen-bond donors (Lipinski definition) is 2. The SMILES string of the molecule is COc1ccc(N[C@H](C)C(=O)c2c(C)[nH]c3ccccc23)cc1S(=O)(=O)N1CCOCC1. The number of Topliss-reactive ketones (excluding diaryl/α,β-unsaturated/α-hetero) is 1. The highest BCUT2D eigenvalue weighted by atomic mass is 32.2. The molecule has 0 amide bonds. The van der Waals surface area contributed by atoms with Gasteiger partial charge < -0.3 is 19.8 Å². The molecule has 170 valence electrons. The van der Waals surface area contributed by atoms with Crippen LogP contribution in [-0.2, 0) is 14.8 Å². The average molecular weight is 458 g/mol. The third-order valence-corrected chi connectivity index (χ3v) is 7.59. The Morgan fingerprint density at radius 2 is 1.91 bits per heavy atom. The molecule has 4 rings (SSSR count). The maximum absolute atomic E-state index is 13.2. The Morgan fingerprint density at radius 1 is 1.19 bits per heavy atom. The van der Waals surface area contributed by atoms with Crippen LogP contribution in [0.5, 0.6) is 5.75 Å². The van der Waals surface area contributed by atoms with Crippen LogP contribution in [-0.4, -0.2) is 62.9 Å². The molecule has 0 unspecified atom stereocenters. The number of nitrogens with one attached hydrogen (secondary N) is 2. The van der Waals surface area contributed by atoms with Gasteiger partial charge in [0.25, 0.3) is 0 Å². The molecule has 0 bridgehead atoms. The number of methoxy groups -OCH3 is 1. The number of fused-ring (bicyclic) bond motifs is 1. The van der Waals surface area contributed by atoms with Gasteiger partial charge in [-0.3, -0.25) is 4.79 Å². The predicted molar refractivity (Wildman–Crippen MR) is 123 cm³/mol. The van der Waals surface area contributed by atoms with E-state index in [1.165, 1.54) is 17.5 Å². The van der Waals surface area contributed by atoms with Crippen LogP contribution < -0.4 is 10.1 Å². The van der Waals surface area contributed by atoms with E-state index in [9.17, 15) is 13.2 Å². The van der Waals surface area contributed by atoms with Gasteiger partial charge in [0, 0.05) is 40.9 Å². The van der Waals surface area contributed by atoms with Crippen LogP contribution in [0.3, 0.4) is 0 Å². The summed E-state index contributed by atoms with van der Waals surface area (Å²) >= 11 is 0. The zero-order chi connectivity index (χ0) is 22.9. The number of hydrogen-bond acceptors (Lipinski definition) is 6. The van der Waals surface area contributed by atoms with Crippen molar-refractivity contribution in [2.45, 2.75) is 24.8 Å². The van der Waals surface area contributed by atoms with Crippen LogP contribution >= 0.6 is 0 Å². The lowest BCUT2D eigenvalue weighted by Crippen LogP contribution is -2.40. The number of rotatable bonds is 7. The zero-order valence-electron chi connectivity index (χ0n) is 18.3. The summed E-state index contributed by atoms with van der Waals surface area (Å²) in [5.74, 6) is 0.182. The minimum absolute atomic E-state index is 0.0647. The largest absolute Gasteiger partial charge is 0.495 e. The zero-order valence-corrected chi connectivity index (χ0v) is 19.2. The topological polar surface area (TPSA) is 101 Å². The number of aromatic nitrogens is 1. The minimum atomic E-state index is -3.76. The summed E-state index contributed by atoms with van der Waals surface area (Å²) in [6.07, 6.45) is 0. The van der Waals surface area contributed by atoms with Gasteiger partial charge in [0.05, 0.1) is 26.4 Å². The van der Waals surface area contributed by atoms with Crippen molar-refractivity contribution in [3.8, 4) is 5.75 Å². The molecule has 2 heterocycles. The molecular weight excluding hydrogens is 430 g/mol. The molecule has 3 aromatic rings. The van der Waals surface area contributed by atoms with Crippen LogP contribution in [0.2, 0.25) is 0 Å². The fraction of sp³-hybridized carbons (Fsp3) is 0.348. The van der Waals surface area contributed by atoms with E-state index in [0.717, 1.165) is 16.6 Å². The number of anilines is 1. The van der Waals surface area contributed by atoms with Crippen LogP contribution in [0.15, 0.2) is 47.4 Å². The highest BCUT2D eigenvalue weighted by Crippen LogP contribution is 2.31. The number of ether oxygens (including phenoxy) is 2. The van der Waals surface area contributed by atoms with Gasteiger partial charge in [0.1, 0.15) is 10.6 Å². The fourth-order valence-corrected chi connectivity index (χ4v) is 5.61. The second-order valence-corrected chi connectivity index (χ2v) is 9.69. The van der Waals surface area contributed by atoms with Crippen molar-refractivity contribution >= 4 is 32.4 Å². The van der Waals surface area contributed by atoms with Gasteiger partial charge in [-0.2, -0.15) is 4.31 Å². The maximum Gasteiger partial charge on any atom is 0.246 e. The number of carbonyl (C=O) groups excluding carboxylic acids is 1. The quantitative estimate of drug-likeness (QED) is 0.529. The van der Waals surface area contributed by atoms with Crippen molar-refractivity contribution in [1.29, 1.82) is 0 Å². The molecule has 1 aliphatic heterocycles. The number of sulfonamides is 1. The van der Waals surface area contributed by atoms with Gasteiger partial charge in [0.15, 0.2) is 5.78 Å². The molecule has 0 aliphatic carbocycles. The summed E-state index contributed by atoms with van der Waals surface area (Å²) in [7, 11) is -2.33. The van der Waals surface area contributed by atoms with Crippen LogP contribution in [0, 0.1) is 6.92 Å². The maximum atomic E-state index is 13.2. The van der Waals surface area contributed by atoms with Crippen molar-refractivity contribution < 1.29 is 22.7 Å². The summed E-state index contributed by atoms with van der Waals surface area (Å²) in [5.41, 5.74) is 2.87. The summed E-state index contributed by atoms with van der Waals surface area (Å²) < 4.78 is 38.4. The molecule has 1 fully saturated rings. The average Bonchev–Trinajstić information content (AvgIpc) is 3.14. The van der Waals surface area contributed by atoms with Gasteiger partial charge >= 0.3 is 0 Å². The highest BCUT2D eigenvalue weighted by molar-refractivity contribution is 7.89. The van der Waals surface area contributed by atoms with Crippen LogP contribution in [0.25, 0.3) is 10.9 Å². The van der Waals surface area contributed by atoms with Gasteiger partial charge in [-0.15, -0.1) is 0 Å². The lowest BCUT2D eigenvalue weighted by molar-refractivity contribution is 0.0729. The van der Waals surface area contributed by atoms with E-state index in [-0.39, 0.29) is 29.5 Å². The summed E-state index contributed by atoms with van der Waals surface area (Å²) in [6, 6.07) is 11.9. The molecule has 2 aromatic carbocycles. The summed E-state index contributed by atoms with van der Waals surface area (Å²) in [6.45, 7) is 4.93. The van der Waals surface area contributed by atoms with E-state index in [1.54, 1.807) is 19.1 Å². The van der Waals surface area contributed by atoms with Gasteiger partial charge in [-0.1, -0.05) is 18.2 Å². The standard InChI is InChI=1S/C23H27N3O5S/c1-15-22(18-6-4-5-7-19(18)25-15)23(27)16(2)24-17-8-9-20(30-3)21(14-17)32(28,29)26-10-12-31-13-11-26/h4-9,14,16,24-25H,10-13H2,1-3H3/t16-/m1/s1. The number of carbonyl (C=O) groups is 1. The first kappa shape index (κ1) is 22.3. The first-order valence-corrected chi connectivity index (χ1v) is 11.9. The Bertz CT molecular complexity index is 1250. The Labute approximate surface area is 187 Å². The van der Waals surface area contributed by atoms with Crippen LogP contribution in [0.4, 0.5) is 5.69 Å². The van der Waals surface area contributed by atoms with E-state index in [4.69, 9.17) is 9.47 Å². The second kappa shape index (κ2) is 8.93. The van der Waals surface area contributed by atoms with Gasteiger partial charge in [0.2, 0.25) is 10.0 Å². The molecule has 1 aliphatic rings. The van der Waals surface area contributed by atoms with E-state index in [1.807, 2.05) is 31.2 Å². The second-order valence-electron chi connectivity index (χ2n) is 7.78. The first-order valence-electron chi connectivity index (χ1n) is 10.5. The van der Waals surface area contributed by atoms with Crippen molar-refractivity contribution in [1.82, 2.24) is 9.29 Å². The molecule has 0 saturated carbocycles. The Morgan fingerprint density at radius 3 is 2.62 bits per heavy atom. The number of benzene rings is 2. The van der Waals surface area contributed by atoms with Crippen molar-refractivity contribution in [2.75, 3.05) is 38.7 Å². The van der Waals surface area contributed by atoms with Gasteiger partial charge in [-0.05, 0) is 38.1 Å². The third-order valence-electron chi connectivity index (χ3n) is 5.67. The monoisotopic (exact) mass is 457 g/mol. The van der Waals surface area contributed by atoms with Gasteiger partial charge in [-0.25, -0.2) is 8.42 Å². The van der Waals surface area contributed by atoms with E-state index in [0.29, 0.717) is 24.5 Å². The molecule has 1 aromatic heterocycles. The molecule has 0 spiro atoms. The van der Waals surface area contributed by atoms with Crippen molar-refractivity contribution in [2.24, 2.45) is 0 Å². The van der Waals surface area contributed by atoms with Crippen LogP contribution in [0.1, 0.15) is 23.0 Å². The van der Waals surface area contributed by atoms with E-state index in [2.05, 4.69) is 10.3 Å². The normalized spacial score (nSPS) is 16.1. The number of aromatic amines is 1. The molecule has 1 saturated heterocycles. The molecule has 9 heteroatoms. The molecule has 1 atom stereocenters. The lowest BCUT2D eigenvalue weighted by atomic mass is 10.0. The lowest BCUT2D eigenvalue weighted by Gasteiger charge is -2.27. The third kappa shape index (κ3) is 4.11. The fourth-order valence-electron chi connectivity index (χ4n) is 4.02. The Balaban J connectivity index is 1.62. The number of para-hydroxylation sites is 1. The molecule has 8 nitrogen and oxygen atoms in total. The molecule has 2 N–H and O–H groups in total. The van der Waals surface area contributed by atoms with Crippen molar-refractivity contribution in [3.63, 3.8) is 0 Å². The number of nitrogens with zero attached hydrogens (tertiary/aromatic N) is 1. The molecular formula is C23H27N3O5S. The summed E-state index contributed by atoms with van der Waals surface area (Å²) in [4.78, 5) is 16.6.